The molecule has 5 rings (SSSR count). The molecule has 2 amide bonds. The molecule has 0 spiro atoms. The van der Waals surface area contributed by atoms with E-state index in [2.05, 4.69) is 10.8 Å². The van der Waals surface area contributed by atoms with Crippen LogP contribution in [0.4, 0.5) is 11.4 Å². The fourth-order valence-corrected chi connectivity index (χ4v) is 6.81. The maximum absolute atomic E-state index is 13.2. The summed E-state index contributed by atoms with van der Waals surface area (Å²) in [4.78, 5) is 27.3. The number of rotatable bonds is 5. The van der Waals surface area contributed by atoms with Crippen LogP contribution in [0.25, 0.3) is 0 Å². The van der Waals surface area contributed by atoms with Crippen LogP contribution in [-0.2, 0) is 19.6 Å². The molecule has 9 heteroatoms. The molecule has 2 aliphatic carbocycles. The molecule has 0 radical (unpaired) electrons. The number of ether oxygens (including phenoxy) is 1. The van der Waals surface area contributed by atoms with Crippen molar-refractivity contribution in [3.05, 3.63) is 59.1 Å². The topological polar surface area (TPSA) is 92.8 Å². The first-order valence-electron chi connectivity index (χ1n) is 10.2. The molecule has 2 aromatic carbocycles. The van der Waals surface area contributed by atoms with Gasteiger partial charge in [-0.05, 0) is 67.6 Å². The van der Waals surface area contributed by atoms with E-state index in [-0.39, 0.29) is 51.1 Å². The lowest BCUT2D eigenvalue weighted by Gasteiger charge is -2.19. The number of fused-ring (bicyclic) bond motifs is 5. The van der Waals surface area contributed by atoms with E-state index in [9.17, 15) is 18.0 Å². The van der Waals surface area contributed by atoms with Crippen molar-refractivity contribution in [1.29, 1.82) is 0 Å². The zero-order chi connectivity index (χ0) is 22.8. The fraction of sp³-hybridized carbons (Fsp3) is 0.304. The van der Waals surface area contributed by atoms with E-state index in [4.69, 9.17) is 16.3 Å². The Bertz CT molecular complexity index is 1270. The normalized spacial score (nSPS) is 26.3. The van der Waals surface area contributed by atoms with E-state index in [1.54, 1.807) is 24.3 Å². The number of allylic oxidation sites excluding steroid dienone is 2. The van der Waals surface area contributed by atoms with Gasteiger partial charge in [-0.2, -0.15) is 0 Å². The summed E-state index contributed by atoms with van der Waals surface area (Å²) in [7, 11) is -2.55. The van der Waals surface area contributed by atoms with E-state index in [1.807, 2.05) is 6.92 Å². The zero-order valence-corrected chi connectivity index (χ0v) is 19.0. The van der Waals surface area contributed by atoms with Crippen molar-refractivity contribution >= 4 is 44.8 Å². The predicted octanol–water partition coefficient (Wildman–Crippen LogP) is 3.85. The number of methoxy groups -OCH3 is 1. The Balaban J connectivity index is 1.47. The molecule has 1 N–H and O–H groups in total. The third kappa shape index (κ3) is 3.12. The Morgan fingerprint density at radius 3 is 2.44 bits per heavy atom. The van der Waals surface area contributed by atoms with Crippen molar-refractivity contribution in [3.63, 3.8) is 0 Å². The Hall–Kier alpha value is -2.84. The minimum absolute atomic E-state index is 0.00775. The molecule has 2 fully saturated rings. The highest BCUT2D eigenvalue weighted by atomic mass is 35.5. The summed E-state index contributed by atoms with van der Waals surface area (Å²) in [5.41, 5.74) is 1.70. The molecule has 3 aliphatic rings. The fourth-order valence-electron chi connectivity index (χ4n) is 5.24. The number of carbonyl (C=O) groups excluding carboxylic acids is 2. The summed E-state index contributed by atoms with van der Waals surface area (Å²) in [6.07, 6.45) is 2.93. The lowest BCUT2D eigenvalue weighted by atomic mass is 9.82. The van der Waals surface area contributed by atoms with Gasteiger partial charge in [0.05, 0.1) is 29.7 Å². The van der Waals surface area contributed by atoms with Crippen LogP contribution in [0.15, 0.2) is 59.0 Å². The average Bonchev–Trinajstić information content (AvgIpc) is 3.39. The van der Waals surface area contributed by atoms with Gasteiger partial charge in [0.25, 0.3) is 10.0 Å². The minimum Gasteiger partial charge on any atom is -0.497 e. The molecule has 2 bridgehead atoms. The van der Waals surface area contributed by atoms with Crippen LogP contribution in [0.5, 0.6) is 5.75 Å². The van der Waals surface area contributed by atoms with Gasteiger partial charge in [-0.1, -0.05) is 23.3 Å². The number of imide groups is 1. The van der Waals surface area contributed by atoms with Gasteiger partial charge < -0.3 is 4.74 Å². The second kappa shape index (κ2) is 7.35. The highest BCUT2D eigenvalue weighted by Crippen LogP contribution is 2.56. The van der Waals surface area contributed by atoms with E-state index >= 15 is 0 Å². The van der Waals surface area contributed by atoms with Gasteiger partial charge in [-0.3, -0.25) is 14.3 Å². The molecular formula is C23H21ClN2O5S. The van der Waals surface area contributed by atoms with Gasteiger partial charge in [0.1, 0.15) is 10.6 Å². The number of benzene rings is 2. The van der Waals surface area contributed by atoms with Crippen LogP contribution in [0.1, 0.15) is 13.3 Å². The SMILES string of the molecule is COc1ccc(NS(=O)(=O)c2cc(N3C(=O)[C@@H]4[C@H](C3=O)[C@@H]3C[C@@H]4C=C3C)ccc2Cl)cc1. The third-order valence-electron chi connectivity index (χ3n) is 6.69. The maximum atomic E-state index is 13.2. The van der Waals surface area contributed by atoms with Crippen molar-refractivity contribution < 1.29 is 22.7 Å². The molecule has 1 heterocycles. The van der Waals surface area contributed by atoms with Crippen LogP contribution in [0.2, 0.25) is 5.02 Å². The van der Waals surface area contributed by atoms with Crippen molar-refractivity contribution in [3.8, 4) is 5.75 Å². The van der Waals surface area contributed by atoms with Crippen LogP contribution in [-0.4, -0.2) is 27.3 Å². The number of hydrogen-bond donors (Lipinski definition) is 1. The smallest absolute Gasteiger partial charge is 0.263 e. The van der Waals surface area contributed by atoms with Crippen molar-refractivity contribution in [1.82, 2.24) is 0 Å². The summed E-state index contributed by atoms with van der Waals surface area (Å²) in [5.74, 6) is -0.547. The highest BCUT2D eigenvalue weighted by molar-refractivity contribution is 7.92. The van der Waals surface area contributed by atoms with Gasteiger partial charge in [-0.15, -0.1) is 0 Å². The number of carbonyl (C=O) groups is 2. The van der Waals surface area contributed by atoms with Crippen molar-refractivity contribution in [2.75, 3.05) is 16.7 Å². The molecule has 32 heavy (non-hydrogen) atoms. The predicted molar refractivity (Wildman–Crippen MR) is 120 cm³/mol. The van der Waals surface area contributed by atoms with E-state index in [0.29, 0.717) is 11.4 Å². The van der Waals surface area contributed by atoms with E-state index in [0.717, 1.165) is 16.9 Å². The monoisotopic (exact) mass is 472 g/mol. The average molecular weight is 473 g/mol. The molecule has 0 unspecified atom stereocenters. The number of nitrogens with zero attached hydrogens (tertiary/aromatic N) is 1. The van der Waals surface area contributed by atoms with Crippen LogP contribution in [0, 0.1) is 23.7 Å². The first-order chi connectivity index (χ1) is 15.2. The highest BCUT2D eigenvalue weighted by Gasteiger charge is 2.61. The number of anilines is 2. The van der Waals surface area contributed by atoms with E-state index in [1.165, 1.54) is 25.3 Å². The molecular weight excluding hydrogens is 452 g/mol. The van der Waals surface area contributed by atoms with Gasteiger partial charge in [-0.25, -0.2) is 13.3 Å². The third-order valence-corrected chi connectivity index (χ3v) is 8.55. The maximum Gasteiger partial charge on any atom is 0.263 e. The molecule has 4 atom stereocenters. The Morgan fingerprint density at radius 1 is 1.06 bits per heavy atom. The van der Waals surface area contributed by atoms with Crippen molar-refractivity contribution in [2.24, 2.45) is 23.7 Å². The Morgan fingerprint density at radius 2 is 1.75 bits per heavy atom. The number of amides is 2. The zero-order valence-electron chi connectivity index (χ0n) is 17.4. The molecule has 166 valence electrons. The first kappa shape index (κ1) is 21.0. The number of nitrogens with one attached hydrogen (secondary N) is 1. The first-order valence-corrected chi connectivity index (χ1v) is 12.1. The summed E-state index contributed by atoms with van der Waals surface area (Å²) in [6.45, 7) is 2.00. The minimum atomic E-state index is -4.07. The molecule has 0 aromatic heterocycles. The van der Waals surface area contributed by atoms with Crippen LogP contribution < -0.4 is 14.4 Å². The summed E-state index contributed by atoms with van der Waals surface area (Å²) in [5, 5.41) is -0.00775. The quantitative estimate of drug-likeness (QED) is 0.527. The van der Waals surface area contributed by atoms with Gasteiger partial charge >= 0.3 is 0 Å². The van der Waals surface area contributed by atoms with Gasteiger partial charge in [0.15, 0.2) is 0 Å². The molecule has 1 saturated carbocycles. The number of halogens is 1. The number of hydrogen-bond acceptors (Lipinski definition) is 5. The van der Waals surface area contributed by atoms with Crippen LogP contribution >= 0.6 is 11.6 Å². The lowest BCUT2D eigenvalue weighted by molar-refractivity contribution is -0.123. The molecule has 1 saturated heterocycles. The van der Waals surface area contributed by atoms with Crippen molar-refractivity contribution in [2.45, 2.75) is 18.2 Å². The summed E-state index contributed by atoms with van der Waals surface area (Å²) in [6, 6.07) is 10.6. The van der Waals surface area contributed by atoms with Gasteiger partial charge in [0, 0.05) is 5.69 Å². The summed E-state index contributed by atoms with van der Waals surface area (Å²) < 4.78 is 33.6. The Kier molecular flexibility index (Phi) is 4.83. The lowest BCUT2D eigenvalue weighted by Crippen LogP contribution is -2.33. The molecule has 1 aliphatic heterocycles. The van der Waals surface area contributed by atoms with Crippen LogP contribution in [0.3, 0.4) is 0 Å². The Labute approximate surface area is 191 Å². The second-order valence-corrected chi connectivity index (χ2v) is 10.5. The molecule has 7 nitrogen and oxygen atoms in total. The summed E-state index contributed by atoms with van der Waals surface area (Å²) >= 11 is 6.21. The largest absolute Gasteiger partial charge is 0.497 e. The standard InChI is InChI=1S/C23H21ClN2O5S/c1-12-9-13-10-17(12)21-20(13)22(27)26(23(21)28)15-5-8-18(24)19(11-15)32(29,30)25-14-3-6-16(31-2)7-4-14/h3-9,11,13,17,20-21,25H,10H2,1-2H3/t13-,17+,20-,21+/m0/s1. The van der Waals surface area contributed by atoms with Gasteiger partial charge in [0.2, 0.25) is 11.8 Å². The molecule has 2 aromatic rings. The van der Waals surface area contributed by atoms with E-state index < -0.39 is 10.0 Å². The second-order valence-electron chi connectivity index (χ2n) is 8.43. The number of sulfonamides is 1.